The molecule has 176 valence electrons. The highest BCUT2D eigenvalue weighted by atomic mass is 19.4. The van der Waals surface area contributed by atoms with Crippen LogP contribution in [0.5, 0.6) is 0 Å². The number of benzene rings is 2. The number of aromatic nitrogens is 2. The van der Waals surface area contributed by atoms with E-state index in [-0.39, 0.29) is 17.8 Å². The highest BCUT2D eigenvalue weighted by Crippen LogP contribution is 2.34. The Morgan fingerprint density at radius 1 is 1.12 bits per heavy atom. The van der Waals surface area contributed by atoms with Gasteiger partial charge in [0.15, 0.2) is 0 Å². The van der Waals surface area contributed by atoms with E-state index in [1.54, 1.807) is 43.3 Å². The molecule has 4 amide bonds. The van der Waals surface area contributed by atoms with Crippen molar-refractivity contribution in [2.24, 2.45) is 0 Å². The van der Waals surface area contributed by atoms with Gasteiger partial charge in [-0.3, -0.25) is 14.5 Å². The summed E-state index contributed by atoms with van der Waals surface area (Å²) in [5.41, 5.74) is -1.70. The fourth-order valence-corrected chi connectivity index (χ4v) is 3.89. The number of carbonyl (C=O) groups excluding carboxylic acids is 3. The van der Waals surface area contributed by atoms with Crippen molar-refractivity contribution in [3.8, 4) is 5.69 Å². The zero-order valence-electron chi connectivity index (χ0n) is 18.0. The van der Waals surface area contributed by atoms with Crippen LogP contribution in [-0.4, -0.2) is 39.1 Å². The molecule has 3 aromatic rings. The highest BCUT2D eigenvalue weighted by Gasteiger charge is 2.51. The second-order valence-electron chi connectivity index (χ2n) is 7.67. The Labute approximate surface area is 192 Å². The number of nitrogens with zero attached hydrogens (tertiary/aromatic N) is 3. The molecule has 1 aliphatic rings. The molecular formula is C23H20F3N5O3. The fraction of sp³-hybridized carbons (Fsp3) is 0.217. The third kappa shape index (κ3) is 4.12. The Morgan fingerprint density at radius 3 is 2.47 bits per heavy atom. The predicted molar refractivity (Wildman–Crippen MR) is 116 cm³/mol. The molecule has 4 rings (SSSR count). The summed E-state index contributed by atoms with van der Waals surface area (Å²) in [6.45, 7) is 1.06. The molecule has 0 spiro atoms. The first-order valence-electron chi connectivity index (χ1n) is 10.4. The van der Waals surface area contributed by atoms with Crippen LogP contribution >= 0.6 is 0 Å². The van der Waals surface area contributed by atoms with Crippen molar-refractivity contribution in [3.05, 3.63) is 78.1 Å². The Hall–Kier alpha value is -4.15. The lowest BCUT2D eigenvalue weighted by Gasteiger charge is -2.25. The number of imide groups is 1. The first-order valence-corrected chi connectivity index (χ1v) is 10.4. The van der Waals surface area contributed by atoms with E-state index in [9.17, 15) is 27.6 Å². The molecule has 1 fully saturated rings. The van der Waals surface area contributed by atoms with Crippen LogP contribution in [0.25, 0.3) is 5.69 Å². The van der Waals surface area contributed by atoms with Crippen LogP contribution in [0.3, 0.4) is 0 Å². The summed E-state index contributed by atoms with van der Waals surface area (Å²) in [5.74, 6) is -1.45. The maximum absolute atomic E-state index is 13.3. The van der Waals surface area contributed by atoms with Crippen molar-refractivity contribution >= 4 is 23.5 Å². The van der Waals surface area contributed by atoms with Gasteiger partial charge in [-0.1, -0.05) is 37.3 Å². The van der Waals surface area contributed by atoms with Crippen LogP contribution in [0, 0.1) is 0 Å². The molecule has 2 N–H and O–H groups in total. The van der Waals surface area contributed by atoms with E-state index in [1.165, 1.54) is 23.1 Å². The first-order chi connectivity index (χ1) is 16.2. The van der Waals surface area contributed by atoms with Gasteiger partial charge < -0.3 is 10.6 Å². The summed E-state index contributed by atoms with van der Waals surface area (Å²) in [7, 11) is 0. The molecule has 8 nitrogen and oxygen atoms in total. The lowest BCUT2D eigenvalue weighted by molar-refractivity contribution is -0.137. The van der Waals surface area contributed by atoms with Crippen molar-refractivity contribution in [3.63, 3.8) is 0 Å². The molecule has 34 heavy (non-hydrogen) atoms. The van der Waals surface area contributed by atoms with Crippen LogP contribution in [-0.2, 0) is 21.3 Å². The fourth-order valence-electron chi connectivity index (χ4n) is 3.89. The number of urea groups is 1. The van der Waals surface area contributed by atoms with Crippen LogP contribution in [0.15, 0.2) is 67.0 Å². The van der Waals surface area contributed by atoms with Crippen molar-refractivity contribution in [2.75, 3.05) is 11.9 Å². The molecule has 0 saturated carbocycles. The van der Waals surface area contributed by atoms with Crippen LogP contribution in [0.4, 0.5) is 23.7 Å². The lowest BCUT2D eigenvalue weighted by atomic mass is 9.87. The van der Waals surface area contributed by atoms with Crippen molar-refractivity contribution in [2.45, 2.75) is 25.1 Å². The summed E-state index contributed by atoms with van der Waals surface area (Å²) in [6.07, 6.45) is -1.45. The smallest absolute Gasteiger partial charge is 0.323 e. The minimum Gasteiger partial charge on any atom is -0.323 e. The SMILES string of the molecule is CCC1(c2ccccc2)NC(=O)N(CC(=O)Nc2cc(C(F)(F)F)ccc2-n2cccn2)C1=O. The van der Waals surface area contributed by atoms with Gasteiger partial charge in [0.2, 0.25) is 5.91 Å². The van der Waals surface area contributed by atoms with Crippen LogP contribution in [0.1, 0.15) is 24.5 Å². The van der Waals surface area contributed by atoms with E-state index in [1.807, 2.05) is 0 Å². The monoisotopic (exact) mass is 471 g/mol. The Balaban J connectivity index is 1.59. The zero-order valence-corrected chi connectivity index (χ0v) is 18.0. The van der Waals surface area contributed by atoms with Crippen LogP contribution < -0.4 is 10.6 Å². The highest BCUT2D eigenvalue weighted by molar-refractivity contribution is 6.10. The molecule has 1 saturated heterocycles. The minimum atomic E-state index is -4.64. The summed E-state index contributed by atoms with van der Waals surface area (Å²) in [4.78, 5) is 39.3. The van der Waals surface area contributed by atoms with Gasteiger partial charge >= 0.3 is 12.2 Å². The van der Waals surface area contributed by atoms with Gasteiger partial charge in [0.1, 0.15) is 12.1 Å². The van der Waals surface area contributed by atoms with Crippen molar-refractivity contribution in [1.82, 2.24) is 20.0 Å². The van der Waals surface area contributed by atoms with Gasteiger partial charge in [-0.05, 0) is 36.2 Å². The van der Waals surface area contributed by atoms with Crippen molar-refractivity contribution in [1.29, 1.82) is 0 Å². The predicted octanol–water partition coefficient (Wildman–Crippen LogP) is 3.69. The maximum Gasteiger partial charge on any atom is 0.416 e. The van der Waals surface area contributed by atoms with E-state index in [0.717, 1.165) is 17.0 Å². The summed E-state index contributed by atoms with van der Waals surface area (Å²) in [6, 6.07) is 12.3. The van der Waals surface area contributed by atoms with Gasteiger partial charge in [0, 0.05) is 12.4 Å². The molecule has 1 aliphatic heterocycles. The number of halogens is 3. The minimum absolute atomic E-state index is 0.166. The Kier molecular flexibility index (Phi) is 5.86. The van der Waals surface area contributed by atoms with Gasteiger partial charge in [-0.2, -0.15) is 18.3 Å². The Bertz CT molecular complexity index is 1230. The number of rotatable bonds is 6. The van der Waals surface area contributed by atoms with Gasteiger partial charge in [0.05, 0.1) is 16.9 Å². The third-order valence-electron chi connectivity index (χ3n) is 5.62. The summed E-state index contributed by atoms with van der Waals surface area (Å²) in [5, 5.41) is 9.04. The van der Waals surface area contributed by atoms with E-state index in [4.69, 9.17) is 0 Å². The molecule has 0 bridgehead atoms. The molecular weight excluding hydrogens is 451 g/mol. The third-order valence-corrected chi connectivity index (χ3v) is 5.62. The van der Waals surface area contributed by atoms with E-state index in [0.29, 0.717) is 5.56 Å². The molecule has 1 atom stereocenters. The molecule has 1 aromatic heterocycles. The van der Waals surface area contributed by atoms with E-state index in [2.05, 4.69) is 15.7 Å². The van der Waals surface area contributed by atoms with Crippen LogP contribution in [0.2, 0.25) is 0 Å². The quantitative estimate of drug-likeness (QED) is 0.536. The maximum atomic E-state index is 13.3. The number of carbonyl (C=O) groups is 3. The van der Waals surface area contributed by atoms with E-state index >= 15 is 0 Å². The molecule has 2 heterocycles. The lowest BCUT2D eigenvalue weighted by Crippen LogP contribution is -2.44. The summed E-state index contributed by atoms with van der Waals surface area (Å²) < 4.78 is 41.1. The summed E-state index contributed by atoms with van der Waals surface area (Å²) >= 11 is 0. The second-order valence-corrected chi connectivity index (χ2v) is 7.67. The first kappa shape index (κ1) is 23.0. The average molecular weight is 471 g/mol. The topological polar surface area (TPSA) is 96.3 Å². The molecule has 0 aliphatic carbocycles. The largest absolute Gasteiger partial charge is 0.416 e. The number of hydrogen-bond donors (Lipinski definition) is 2. The molecule has 1 unspecified atom stereocenters. The van der Waals surface area contributed by atoms with Crippen molar-refractivity contribution < 1.29 is 27.6 Å². The molecule has 0 radical (unpaired) electrons. The number of anilines is 1. The number of nitrogens with one attached hydrogen (secondary N) is 2. The molecule has 2 aromatic carbocycles. The van der Waals surface area contributed by atoms with Gasteiger partial charge in [-0.15, -0.1) is 0 Å². The number of alkyl halides is 3. The van der Waals surface area contributed by atoms with Gasteiger partial charge in [-0.25, -0.2) is 9.48 Å². The van der Waals surface area contributed by atoms with Gasteiger partial charge in [0.25, 0.3) is 5.91 Å². The second kappa shape index (κ2) is 8.65. The zero-order chi connectivity index (χ0) is 24.5. The normalized spacial score (nSPS) is 18.2. The standard InChI is InChI=1S/C23H20F3N5O3/c1-2-22(15-7-4-3-5-8-15)20(33)30(21(34)29-22)14-19(32)28-17-13-16(23(24,25)26)9-10-18(17)31-12-6-11-27-31/h3-13H,2,14H2,1H3,(H,28,32)(H,29,34). The number of amides is 4. The molecule has 11 heteroatoms. The average Bonchev–Trinajstić information content (AvgIpc) is 3.42. The number of hydrogen-bond acceptors (Lipinski definition) is 4. The van der Waals surface area contributed by atoms with E-state index < -0.39 is 41.7 Å². The Morgan fingerprint density at radius 2 is 1.85 bits per heavy atom.